The standard InChI is InChI=1S/C15H24O3/c1-10(2)12(4)18-9-14-8-13(11(3)16)6-7-15(14)17-5/h6-8,10-12,16H,9H2,1-5H3. The van der Waals surface area contributed by atoms with Gasteiger partial charge in [-0.15, -0.1) is 0 Å². The number of aliphatic hydroxyl groups is 1. The minimum atomic E-state index is -0.475. The molecule has 0 saturated heterocycles. The minimum absolute atomic E-state index is 0.199. The fraction of sp³-hybridized carbons (Fsp3) is 0.600. The lowest BCUT2D eigenvalue weighted by molar-refractivity contribution is 0.0225. The van der Waals surface area contributed by atoms with Gasteiger partial charge in [0.1, 0.15) is 5.75 Å². The Morgan fingerprint density at radius 3 is 2.33 bits per heavy atom. The number of rotatable bonds is 6. The van der Waals surface area contributed by atoms with Crippen LogP contribution in [0.25, 0.3) is 0 Å². The Morgan fingerprint density at radius 2 is 1.83 bits per heavy atom. The van der Waals surface area contributed by atoms with Gasteiger partial charge in [0.25, 0.3) is 0 Å². The molecule has 102 valence electrons. The topological polar surface area (TPSA) is 38.7 Å². The van der Waals surface area contributed by atoms with Crippen molar-refractivity contribution < 1.29 is 14.6 Å². The summed E-state index contributed by atoms with van der Waals surface area (Å²) in [4.78, 5) is 0. The number of hydrogen-bond donors (Lipinski definition) is 1. The van der Waals surface area contributed by atoms with Gasteiger partial charge in [-0.2, -0.15) is 0 Å². The van der Waals surface area contributed by atoms with E-state index in [1.54, 1.807) is 14.0 Å². The molecule has 18 heavy (non-hydrogen) atoms. The quantitative estimate of drug-likeness (QED) is 0.844. The van der Waals surface area contributed by atoms with Gasteiger partial charge in [0.05, 0.1) is 25.9 Å². The molecule has 1 aromatic rings. The third kappa shape index (κ3) is 4.00. The Hall–Kier alpha value is -1.06. The van der Waals surface area contributed by atoms with Crippen molar-refractivity contribution >= 4 is 0 Å². The molecule has 3 heteroatoms. The molecule has 0 saturated carbocycles. The van der Waals surface area contributed by atoms with Crippen LogP contribution in [0.15, 0.2) is 18.2 Å². The number of benzene rings is 1. The van der Waals surface area contributed by atoms with Gasteiger partial charge < -0.3 is 14.6 Å². The maximum Gasteiger partial charge on any atom is 0.124 e. The average Bonchev–Trinajstić information content (AvgIpc) is 2.35. The lowest BCUT2D eigenvalue weighted by atomic mass is 10.1. The van der Waals surface area contributed by atoms with E-state index in [1.807, 2.05) is 18.2 Å². The normalized spacial score (nSPS) is 14.6. The summed E-state index contributed by atoms with van der Waals surface area (Å²) in [6, 6.07) is 5.69. The zero-order chi connectivity index (χ0) is 13.7. The third-order valence-electron chi connectivity index (χ3n) is 3.23. The molecule has 0 aliphatic rings. The summed E-state index contributed by atoms with van der Waals surface area (Å²) in [5.41, 5.74) is 1.86. The Labute approximate surface area is 110 Å². The summed E-state index contributed by atoms with van der Waals surface area (Å²) in [6.45, 7) is 8.59. The van der Waals surface area contributed by atoms with Crippen molar-refractivity contribution in [1.29, 1.82) is 0 Å². The van der Waals surface area contributed by atoms with Crippen LogP contribution < -0.4 is 4.74 Å². The molecule has 0 heterocycles. The lowest BCUT2D eigenvalue weighted by Crippen LogP contribution is -2.15. The Bertz CT molecular complexity index is 372. The van der Waals surface area contributed by atoms with Crippen LogP contribution in [-0.2, 0) is 11.3 Å². The van der Waals surface area contributed by atoms with Crippen molar-refractivity contribution in [3.05, 3.63) is 29.3 Å². The van der Waals surface area contributed by atoms with Crippen LogP contribution in [0.5, 0.6) is 5.75 Å². The molecule has 0 spiro atoms. The predicted molar refractivity (Wildman–Crippen MR) is 72.7 cm³/mol. The summed E-state index contributed by atoms with van der Waals surface area (Å²) in [6.07, 6.45) is -0.276. The van der Waals surface area contributed by atoms with Crippen LogP contribution in [0.1, 0.15) is 44.9 Å². The molecule has 1 aromatic carbocycles. The number of ether oxygens (including phenoxy) is 2. The summed E-state index contributed by atoms with van der Waals surface area (Å²) in [5.74, 6) is 1.28. The van der Waals surface area contributed by atoms with E-state index in [-0.39, 0.29) is 6.10 Å². The maximum atomic E-state index is 9.60. The van der Waals surface area contributed by atoms with Gasteiger partial charge >= 0.3 is 0 Å². The van der Waals surface area contributed by atoms with Crippen LogP contribution in [0.2, 0.25) is 0 Å². The van der Waals surface area contributed by atoms with Gasteiger partial charge in [-0.3, -0.25) is 0 Å². The van der Waals surface area contributed by atoms with Crippen molar-refractivity contribution in [1.82, 2.24) is 0 Å². The van der Waals surface area contributed by atoms with Crippen molar-refractivity contribution in [2.45, 2.75) is 46.5 Å². The second kappa shape index (κ2) is 6.76. The van der Waals surface area contributed by atoms with Crippen LogP contribution in [-0.4, -0.2) is 18.3 Å². The molecule has 1 N–H and O–H groups in total. The lowest BCUT2D eigenvalue weighted by Gasteiger charge is -2.18. The fourth-order valence-electron chi connectivity index (χ4n) is 1.58. The summed E-state index contributed by atoms with van der Waals surface area (Å²) >= 11 is 0. The molecular weight excluding hydrogens is 228 g/mol. The highest BCUT2D eigenvalue weighted by Gasteiger charge is 2.11. The number of aliphatic hydroxyl groups excluding tert-OH is 1. The minimum Gasteiger partial charge on any atom is -0.496 e. The maximum absolute atomic E-state index is 9.60. The molecule has 2 atom stereocenters. The zero-order valence-corrected chi connectivity index (χ0v) is 11.9. The largest absolute Gasteiger partial charge is 0.496 e. The van der Waals surface area contributed by atoms with E-state index in [0.717, 1.165) is 16.9 Å². The van der Waals surface area contributed by atoms with E-state index in [4.69, 9.17) is 9.47 Å². The second-order valence-electron chi connectivity index (χ2n) is 5.01. The Kier molecular flexibility index (Phi) is 5.63. The van der Waals surface area contributed by atoms with Gasteiger partial charge in [0, 0.05) is 5.56 Å². The van der Waals surface area contributed by atoms with E-state index in [9.17, 15) is 5.11 Å². The van der Waals surface area contributed by atoms with E-state index in [1.165, 1.54) is 0 Å². The van der Waals surface area contributed by atoms with Gasteiger partial charge in [-0.05, 0) is 37.5 Å². The van der Waals surface area contributed by atoms with Crippen LogP contribution in [0, 0.1) is 5.92 Å². The SMILES string of the molecule is COc1ccc(C(C)O)cc1COC(C)C(C)C. The molecule has 0 aliphatic heterocycles. The second-order valence-corrected chi connectivity index (χ2v) is 5.01. The smallest absolute Gasteiger partial charge is 0.124 e. The van der Waals surface area contributed by atoms with Gasteiger partial charge in [-0.25, -0.2) is 0 Å². The first-order valence-electron chi connectivity index (χ1n) is 6.42. The highest BCUT2D eigenvalue weighted by molar-refractivity contribution is 5.37. The Balaban J connectivity index is 2.81. The van der Waals surface area contributed by atoms with Gasteiger partial charge in [0.2, 0.25) is 0 Å². The average molecular weight is 252 g/mol. The Morgan fingerprint density at radius 1 is 1.17 bits per heavy atom. The summed E-state index contributed by atoms with van der Waals surface area (Å²) < 4.78 is 11.1. The molecular formula is C15H24O3. The molecule has 0 amide bonds. The fourth-order valence-corrected chi connectivity index (χ4v) is 1.58. The van der Waals surface area contributed by atoms with Crippen molar-refractivity contribution in [3.8, 4) is 5.75 Å². The molecule has 2 unspecified atom stereocenters. The van der Waals surface area contributed by atoms with Gasteiger partial charge in [0.15, 0.2) is 0 Å². The first kappa shape index (κ1) is 15.0. The highest BCUT2D eigenvalue weighted by atomic mass is 16.5. The highest BCUT2D eigenvalue weighted by Crippen LogP contribution is 2.24. The van der Waals surface area contributed by atoms with Gasteiger partial charge in [-0.1, -0.05) is 19.9 Å². The molecule has 0 radical (unpaired) electrons. The molecule has 0 aromatic heterocycles. The molecule has 3 nitrogen and oxygen atoms in total. The predicted octanol–water partition coefficient (Wildman–Crippen LogP) is 3.31. The van der Waals surface area contributed by atoms with E-state index in [2.05, 4.69) is 20.8 Å². The van der Waals surface area contributed by atoms with Crippen molar-refractivity contribution in [3.63, 3.8) is 0 Å². The monoisotopic (exact) mass is 252 g/mol. The van der Waals surface area contributed by atoms with E-state index >= 15 is 0 Å². The number of hydrogen-bond acceptors (Lipinski definition) is 3. The molecule has 0 bridgehead atoms. The summed E-state index contributed by atoms with van der Waals surface area (Å²) in [5, 5.41) is 9.60. The van der Waals surface area contributed by atoms with E-state index < -0.39 is 6.10 Å². The third-order valence-corrected chi connectivity index (χ3v) is 3.23. The van der Waals surface area contributed by atoms with Crippen LogP contribution >= 0.6 is 0 Å². The zero-order valence-electron chi connectivity index (χ0n) is 11.9. The van der Waals surface area contributed by atoms with Crippen molar-refractivity contribution in [2.24, 2.45) is 5.92 Å². The first-order chi connectivity index (χ1) is 8.45. The molecule has 0 aliphatic carbocycles. The van der Waals surface area contributed by atoms with Crippen LogP contribution in [0.3, 0.4) is 0 Å². The van der Waals surface area contributed by atoms with Crippen LogP contribution in [0.4, 0.5) is 0 Å². The molecule has 0 fully saturated rings. The summed E-state index contributed by atoms with van der Waals surface area (Å²) in [7, 11) is 1.65. The first-order valence-corrected chi connectivity index (χ1v) is 6.42. The van der Waals surface area contributed by atoms with E-state index in [0.29, 0.717) is 12.5 Å². The number of methoxy groups -OCH3 is 1. The van der Waals surface area contributed by atoms with Crippen molar-refractivity contribution in [2.75, 3.05) is 7.11 Å². The molecule has 1 rings (SSSR count).